The molecule has 1 aromatic rings. The highest BCUT2D eigenvalue weighted by atomic mass is 35.5. The number of pyridine rings is 1. The maximum Gasteiger partial charge on any atom is 0.151 e. The third-order valence-corrected chi connectivity index (χ3v) is 1.82. The van der Waals surface area contributed by atoms with E-state index in [2.05, 4.69) is 10.3 Å². The lowest BCUT2D eigenvalue weighted by Crippen LogP contribution is -2.23. The number of nitrogens with two attached hydrogens (primary N) is 1. The van der Waals surface area contributed by atoms with Crippen LogP contribution in [0, 0.1) is 0 Å². The molecule has 0 radical (unpaired) electrons. The Kier molecular flexibility index (Phi) is 3.94. The minimum atomic E-state index is -0.838. The molecule has 0 saturated carbocycles. The molecule has 1 atom stereocenters. The zero-order valence-corrected chi connectivity index (χ0v) is 8.20. The minimum absolute atomic E-state index is 0.175. The Morgan fingerprint density at radius 3 is 2.93 bits per heavy atom. The number of aliphatic hydroxyl groups is 2. The molecule has 1 unspecified atom stereocenters. The van der Waals surface area contributed by atoms with Crippen molar-refractivity contribution in [2.45, 2.75) is 6.10 Å². The molecular weight excluding hydrogens is 206 g/mol. The fourth-order valence-corrected chi connectivity index (χ4v) is 1.01. The Morgan fingerprint density at radius 1 is 1.57 bits per heavy atom. The molecule has 1 rings (SSSR count). The Labute approximate surface area is 86.5 Å². The first-order valence-electron chi connectivity index (χ1n) is 4.08. The van der Waals surface area contributed by atoms with Crippen molar-refractivity contribution in [1.82, 2.24) is 4.98 Å². The molecule has 0 bridgehead atoms. The van der Waals surface area contributed by atoms with E-state index < -0.39 is 6.10 Å². The lowest BCUT2D eigenvalue weighted by molar-refractivity contribution is 0.105. The summed E-state index contributed by atoms with van der Waals surface area (Å²) in [5.41, 5.74) is 6.03. The second kappa shape index (κ2) is 4.99. The summed E-state index contributed by atoms with van der Waals surface area (Å²) in [6.07, 6.45) is -0.838. The van der Waals surface area contributed by atoms with E-state index in [4.69, 9.17) is 27.5 Å². The molecule has 0 aliphatic rings. The second-order valence-corrected chi connectivity index (χ2v) is 3.18. The Bertz CT molecular complexity index is 309. The number of hydrogen-bond acceptors (Lipinski definition) is 5. The predicted octanol–water partition coefficient (Wildman–Crippen LogP) is 0.0823. The van der Waals surface area contributed by atoms with Crippen LogP contribution in [0.3, 0.4) is 0 Å². The molecule has 5 nitrogen and oxygen atoms in total. The summed E-state index contributed by atoms with van der Waals surface area (Å²) >= 11 is 5.65. The number of rotatable bonds is 4. The lowest BCUT2D eigenvalue weighted by atomic mass is 10.3. The van der Waals surface area contributed by atoms with E-state index in [0.29, 0.717) is 16.7 Å². The highest BCUT2D eigenvalue weighted by molar-refractivity contribution is 6.29. The van der Waals surface area contributed by atoms with Crippen LogP contribution in [-0.4, -0.2) is 34.5 Å². The normalized spacial score (nSPS) is 12.5. The van der Waals surface area contributed by atoms with Crippen LogP contribution >= 0.6 is 11.6 Å². The third kappa shape index (κ3) is 3.02. The predicted molar refractivity (Wildman–Crippen MR) is 55.2 cm³/mol. The SMILES string of the molecule is Nc1ccc(Cl)nc1NCC(O)CO. The number of nitrogens with zero attached hydrogens (tertiary/aromatic N) is 1. The molecule has 78 valence electrons. The molecule has 14 heavy (non-hydrogen) atoms. The van der Waals surface area contributed by atoms with Crippen LogP contribution in [0.15, 0.2) is 12.1 Å². The van der Waals surface area contributed by atoms with Gasteiger partial charge < -0.3 is 21.3 Å². The van der Waals surface area contributed by atoms with Crippen molar-refractivity contribution < 1.29 is 10.2 Å². The van der Waals surface area contributed by atoms with Gasteiger partial charge in [0, 0.05) is 6.54 Å². The van der Waals surface area contributed by atoms with Crippen molar-refractivity contribution in [3.05, 3.63) is 17.3 Å². The molecule has 5 N–H and O–H groups in total. The van der Waals surface area contributed by atoms with E-state index in [1.165, 1.54) is 0 Å². The van der Waals surface area contributed by atoms with Gasteiger partial charge in [0.05, 0.1) is 18.4 Å². The quantitative estimate of drug-likeness (QED) is 0.537. The van der Waals surface area contributed by atoms with Gasteiger partial charge in [0.2, 0.25) is 0 Å². The van der Waals surface area contributed by atoms with Gasteiger partial charge in [0.15, 0.2) is 5.82 Å². The van der Waals surface area contributed by atoms with Gasteiger partial charge in [-0.2, -0.15) is 0 Å². The molecule has 0 saturated heterocycles. The number of halogens is 1. The molecule has 0 fully saturated rings. The van der Waals surface area contributed by atoms with E-state index in [9.17, 15) is 0 Å². The zero-order valence-electron chi connectivity index (χ0n) is 7.44. The summed E-state index contributed by atoms with van der Waals surface area (Å²) in [5.74, 6) is 0.407. The highest BCUT2D eigenvalue weighted by Gasteiger charge is 2.05. The number of nitrogens with one attached hydrogen (secondary N) is 1. The van der Waals surface area contributed by atoms with Gasteiger partial charge in [0.1, 0.15) is 5.15 Å². The molecule has 1 aromatic heterocycles. The van der Waals surface area contributed by atoms with E-state index in [-0.39, 0.29) is 13.2 Å². The van der Waals surface area contributed by atoms with Crippen LogP contribution in [0.4, 0.5) is 11.5 Å². The van der Waals surface area contributed by atoms with Crippen LogP contribution in [0.1, 0.15) is 0 Å². The maximum absolute atomic E-state index is 9.07. The van der Waals surface area contributed by atoms with Crippen LogP contribution in [0.25, 0.3) is 0 Å². The van der Waals surface area contributed by atoms with Crippen molar-refractivity contribution in [3.63, 3.8) is 0 Å². The largest absolute Gasteiger partial charge is 0.396 e. The Balaban J connectivity index is 2.62. The summed E-state index contributed by atoms with van der Waals surface area (Å²) in [7, 11) is 0. The average Bonchev–Trinajstić information content (AvgIpc) is 2.19. The monoisotopic (exact) mass is 217 g/mol. The standard InChI is InChI=1S/C8H12ClN3O2/c9-7-2-1-6(10)8(12-7)11-3-5(14)4-13/h1-2,5,13-14H,3-4,10H2,(H,11,12). The van der Waals surface area contributed by atoms with Crippen LogP contribution < -0.4 is 11.1 Å². The number of anilines is 2. The molecule has 0 aromatic carbocycles. The van der Waals surface area contributed by atoms with Gasteiger partial charge in [-0.1, -0.05) is 11.6 Å². The molecule has 0 aliphatic carbocycles. The van der Waals surface area contributed by atoms with E-state index >= 15 is 0 Å². The van der Waals surface area contributed by atoms with Crippen molar-refractivity contribution in [1.29, 1.82) is 0 Å². The highest BCUT2D eigenvalue weighted by Crippen LogP contribution is 2.17. The topological polar surface area (TPSA) is 91.4 Å². The van der Waals surface area contributed by atoms with Crippen LogP contribution in [0.2, 0.25) is 5.15 Å². The second-order valence-electron chi connectivity index (χ2n) is 2.79. The number of hydrogen-bond donors (Lipinski definition) is 4. The van der Waals surface area contributed by atoms with E-state index in [1.54, 1.807) is 12.1 Å². The average molecular weight is 218 g/mol. The van der Waals surface area contributed by atoms with Crippen molar-refractivity contribution in [2.75, 3.05) is 24.2 Å². The summed E-state index contributed by atoms with van der Waals surface area (Å²) < 4.78 is 0. The molecule has 1 heterocycles. The number of aliphatic hydroxyl groups excluding tert-OH is 2. The first-order chi connectivity index (χ1) is 6.63. The van der Waals surface area contributed by atoms with Gasteiger partial charge in [0.25, 0.3) is 0 Å². The van der Waals surface area contributed by atoms with Crippen molar-refractivity contribution in [2.24, 2.45) is 0 Å². The van der Waals surface area contributed by atoms with Crippen LogP contribution in [-0.2, 0) is 0 Å². The van der Waals surface area contributed by atoms with Crippen molar-refractivity contribution in [3.8, 4) is 0 Å². The maximum atomic E-state index is 9.07. The summed E-state index contributed by atoms with van der Waals surface area (Å²) in [6, 6.07) is 3.19. The lowest BCUT2D eigenvalue weighted by Gasteiger charge is -2.11. The molecule has 6 heteroatoms. The van der Waals surface area contributed by atoms with E-state index in [1.807, 2.05) is 0 Å². The minimum Gasteiger partial charge on any atom is -0.396 e. The molecular formula is C8H12ClN3O2. The van der Waals surface area contributed by atoms with Gasteiger partial charge in [-0.3, -0.25) is 0 Å². The van der Waals surface area contributed by atoms with Gasteiger partial charge in [-0.05, 0) is 12.1 Å². The molecule has 0 aliphatic heterocycles. The zero-order chi connectivity index (χ0) is 10.6. The van der Waals surface area contributed by atoms with Crippen LogP contribution in [0.5, 0.6) is 0 Å². The third-order valence-electron chi connectivity index (χ3n) is 1.61. The Hall–Kier alpha value is -1.04. The fraction of sp³-hybridized carbons (Fsp3) is 0.375. The van der Waals surface area contributed by atoms with Gasteiger partial charge in [-0.15, -0.1) is 0 Å². The van der Waals surface area contributed by atoms with Crippen molar-refractivity contribution >= 4 is 23.1 Å². The van der Waals surface area contributed by atoms with E-state index in [0.717, 1.165) is 0 Å². The fourth-order valence-electron chi connectivity index (χ4n) is 0.867. The molecule has 0 amide bonds. The van der Waals surface area contributed by atoms with Gasteiger partial charge in [-0.25, -0.2) is 4.98 Å². The first-order valence-corrected chi connectivity index (χ1v) is 4.46. The first kappa shape index (κ1) is 11.0. The number of nitrogen functional groups attached to an aromatic ring is 1. The molecule has 0 spiro atoms. The number of aromatic nitrogens is 1. The summed E-state index contributed by atoms with van der Waals surface area (Å²) in [4.78, 5) is 3.92. The van der Waals surface area contributed by atoms with Gasteiger partial charge >= 0.3 is 0 Å². The summed E-state index contributed by atoms with van der Waals surface area (Å²) in [5, 5.41) is 20.7. The summed E-state index contributed by atoms with van der Waals surface area (Å²) in [6.45, 7) is -0.137. The smallest absolute Gasteiger partial charge is 0.151 e. The Morgan fingerprint density at radius 2 is 2.29 bits per heavy atom.